The molecule has 0 bridgehead atoms. The van der Waals surface area contributed by atoms with E-state index in [4.69, 9.17) is 4.74 Å². The first kappa shape index (κ1) is 12.2. The van der Waals surface area contributed by atoms with Crippen molar-refractivity contribution in [1.82, 2.24) is 0 Å². The number of hydrogen-bond acceptors (Lipinski definition) is 3. The molecule has 1 atom stereocenters. The number of carbonyl (C=O) groups excluding carboxylic acids is 1. The molecule has 1 unspecified atom stereocenters. The summed E-state index contributed by atoms with van der Waals surface area (Å²) in [6, 6.07) is 0. The Morgan fingerprint density at radius 2 is 1.80 bits per heavy atom. The first-order chi connectivity index (χ1) is 6.58. The van der Waals surface area contributed by atoms with Crippen LogP contribution in [0.3, 0.4) is 0 Å². The summed E-state index contributed by atoms with van der Waals surface area (Å²) < 4.78 is 5.52. The third kappa shape index (κ3) is 1.93. The fourth-order valence-corrected chi connectivity index (χ4v) is 1.72. The van der Waals surface area contributed by atoms with E-state index >= 15 is 0 Å². The number of rotatable bonds is 2. The van der Waals surface area contributed by atoms with Crippen LogP contribution in [0.1, 0.15) is 41.5 Å². The van der Waals surface area contributed by atoms with Crippen molar-refractivity contribution < 1.29 is 14.6 Å². The zero-order chi connectivity index (χ0) is 12.0. The summed E-state index contributed by atoms with van der Waals surface area (Å²) in [7, 11) is 0. The van der Waals surface area contributed by atoms with Crippen molar-refractivity contribution in [2.45, 2.75) is 53.2 Å². The van der Waals surface area contributed by atoms with Crippen LogP contribution in [0.25, 0.3) is 0 Å². The maximum atomic E-state index is 11.7. The lowest BCUT2D eigenvalue weighted by molar-refractivity contribution is -0.141. The summed E-state index contributed by atoms with van der Waals surface area (Å²) in [5.74, 6) is 0.223. The quantitative estimate of drug-likeness (QED) is 0.762. The molecule has 0 fully saturated rings. The lowest BCUT2D eigenvalue weighted by atomic mass is 9.68. The number of ether oxygens (including phenoxy) is 1. The van der Waals surface area contributed by atoms with E-state index in [2.05, 4.69) is 0 Å². The Labute approximate surface area is 91.1 Å². The molecule has 0 amide bonds. The fraction of sp³-hybridized carbons (Fsp3) is 0.750. The number of Topliss-reactive ketones (excluding diaryl/α,β-unsaturated/α-hetero) is 1. The molecule has 1 rings (SSSR count). The van der Waals surface area contributed by atoms with Crippen LogP contribution in [0, 0.1) is 5.41 Å². The minimum atomic E-state index is -1.42. The SMILES string of the molecule is CC(C)OC1=C(C(C)(C)C)C(=O)C1(C)O. The molecule has 1 aliphatic rings. The van der Waals surface area contributed by atoms with Gasteiger partial charge in [-0.2, -0.15) is 0 Å². The molecule has 0 saturated carbocycles. The molecular formula is C12H20O3. The van der Waals surface area contributed by atoms with E-state index < -0.39 is 5.60 Å². The van der Waals surface area contributed by atoms with Gasteiger partial charge in [-0.05, 0) is 26.2 Å². The molecule has 0 radical (unpaired) electrons. The normalized spacial score (nSPS) is 27.1. The molecule has 0 aromatic carbocycles. The van der Waals surface area contributed by atoms with E-state index in [1.807, 2.05) is 34.6 Å². The van der Waals surface area contributed by atoms with Gasteiger partial charge in [0.05, 0.1) is 6.10 Å². The van der Waals surface area contributed by atoms with Crippen LogP contribution in [0.4, 0.5) is 0 Å². The van der Waals surface area contributed by atoms with Crippen molar-refractivity contribution >= 4 is 5.78 Å². The smallest absolute Gasteiger partial charge is 0.201 e. The second kappa shape index (κ2) is 3.34. The zero-order valence-electron chi connectivity index (χ0n) is 10.3. The molecule has 3 heteroatoms. The lowest BCUT2D eigenvalue weighted by Gasteiger charge is -2.42. The summed E-state index contributed by atoms with van der Waals surface area (Å²) in [5, 5.41) is 9.89. The molecule has 0 heterocycles. The second-order valence-electron chi connectivity index (χ2n) is 5.52. The van der Waals surface area contributed by atoms with E-state index in [1.54, 1.807) is 0 Å². The highest BCUT2D eigenvalue weighted by molar-refractivity contribution is 6.12. The Balaban J connectivity index is 3.13. The predicted octanol–water partition coefficient (Wildman–Crippen LogP) is 2.05. The minimum Gasteiger partial charge on any atom is -0.491 e. The first-order valence-corrected chi connectivity index (χ1v) is 5.27. The average molecular weight is 212 g/mol. The van der Waals surface area contributed by atoms with Gasteiger partial charge >= 0.3 is 0 Å². The van der Waals surface area contributed by atoms with Crippen molar-refractivity contribution in [2.24, 2.45) is 5.41 Å². The van der Waals surface area contributed by atoms with Crippen LogP contribution in [-0.4, -0.2) is 22.6 Å². The van der Waals surface area contributed by atoms with Gasteiger partial charge in [0.15, 0.2) is 5.60 Å². The number of hydrogen-bond donors (Lipinski definition) is 1. The highest BCUT2D eigenvalue weighted by atomic mass is 16.5. The van der Waals surface area contributed by atoms with Crippen LogP contribution in [0.2, 0.25) is 0 Å². The van der Waals surface area contributed by atoms with Crippen molar-refractivity contribution in [2.75, 3.05) is 0 Å². The van der Waals surface area contributed by atoms with Gasteiger partial charge in [0.2, 0.25) is 5.78 Å². The van der Waals surface area contributed by atoms with Crippen LogP contribution in [0.15, 0.2) is 11.3 Å². The Hall–Kier alpha value is -0.830. The van der Waals surface area contributed by atoms with Gasteiger partial charge in [-0.1, -0.05) is 20.8 Å². The standard InChI is InChI=1S/C12H20O3/c1-7(2)15-10-8(11(3,4)5)9(13)12(10,6)14/h7,14H,1-6H3. The molecule has 0 aliphatic heterocycles. The van der Waals surface area contributed by atoms with E-state index in [1.165, 1.54) is 6.92 Å². The van der Waals surface area contributed by atoms with Gasteiger partial charge in [-0.15, -0.1) is 0 Å². The minimum absolute atomic E-state index is 0.0306. The highest BCUT2D eigenvalue weighted by Gasteiger charge is 2.54. The molecule has 15 heavy (non-hydrogen) atoms. The molecule has 86 valence electrons. The molecular weight excluding hydrogens is 192 g/mol. The average Bonchev–Trinajstić information content (AvgIpc) is 2.00. The Morgan fingerprint density at radius 1 is 1.33 bits per heavy atom. The van der Waals surface area contributed by atoms with Gasteiger partial charge < -0.3 is 9.84 Å². The molecule has 3 nitrogen and oxygen atoms in total. The van der Waals surface area contributed by atoms with Gasteiger partial charge in [0.25, 0.3) is 0 Å². The number of ketones is 1. The van der Waals surface area contributed by atoms with Crippen LogP contribution in [-0.2, 0) is 9.53 Å². The third-order valence-corrected chi connectivity index (χ3v) is 2.44. The topological polar surface area (TPSA) is 46.5 Å². The van der Waals surface area contributed by atoms with Crippen molar-refractivity contribution in [3.63, 3.8) is 0 Å². The van der Waals surface area contributed by atoms with Gasteiger partial charge in [-0.3, -0.25) is 4.79 Å². The van der Waals surface area contributed by atoms with Gasteiger partial charge in [0.1, 0.15) is 5.76 Å². The van der Waals surface area contributed by atoms with Gasteiger partial charge in [-0.25, -0.2) is 0 Å². The largest absolute Gasteiger partial charge is 0.491 e. The Bertz CT molecular complexity index is 316. The summed E-state index contributed by atoms with van der Waals surface area (Å²) in [6.45, 7) is 11.1. The lowest BCUT2D eigenvalue weighted by Crippen LogP contribution is -2.53. The Morgan fingerprint density at radius 3 is 2.13 bits per heavy atom. The van der Waals surface area contributed by atoms with Crippen molar-refractivity contribution in [3.8, 4) is 0 Å². The predicted molar refractivity (Wildman–Crippen MR) is 58.3 cm³/mol. The molecule has 0 spiro atoms. The van der Waals surface area contributed by atoms with Gasteiger partial charge in [0, 0.05) is 5.57 Å². The van der Waals surface area contributed by atoms with E-state index in [0.29, 0.717) is 11.3 Å². The summed E-state index contributed by atoms with van der Waals surface area (Å²) in [5.41, 5.74) is -1.09. The van der Waals surface area contributed by atoms with Crippen LogP contribution < -0.4 is 0 Å². The summed E-state index contributed by atoms with van der Waals surface area (Å²) in [4.78, 5) is 11.7. The maximum absolute atomic E-state index is 11.7. The summed E-state index contributed by atoms with van der Waals surface area (Å²) in [6.07, 6.45) is -0.0306. The first-order valence-electron chi connectivity index (χ1n) is 5.27. The highest BCUT2D eigenvalue weighted by Crippen LogP contribution is 2.45. The van der Waals surface area contributed by atoms with Crippen molar-refractivity contribution in [3.05, 3.63) is 11.3 Å². The summed E-state index contributed by atoms with van der Waals surface area (Å²) >= 11 is 0. The number of carbonyl (C=O) groups is 1. The molecule has 1 aliphatic carbocycles. The maximum Gasteiger partial charge on any atom is 0.201 e. The number of aliphatic hydroxyl groups is 1. The van der Waals surface area contributed by atoms with Crippen molar-refractivity contribution in [1.29, 1.82) is 0 Å². The molecule has 0 saturated heterocycles. The Kier molecular flexibility index (Phi) is 2.72. The van der Waals surface area contributed by atoms with Crippen LogP contribution >= 0.6 is 0 Å². The van der Waals surface area contributed by atoms with Crippen LogP contribution in [0.5, 0.6) is 0 Å². The fourth-order valence-electron chi connectivity index (χ4n) is 1.72. The monoisotopic (exact) mass is 212 g/mol. The molecule has 1 N–H and O–H groups in total. The van der Waals surface area contributed by atoms with E-state index in [-0.39, 0.29) is 17.3 Å². The molecule has 0 aromatic rings. The zero-order valence-corrected chi connectivity index (χ0v) is 10.3. The van der Waals surface area contributed by atoms with E-state index in [9.17, 15) is 9.90 Å². The van der Waals surface area contributed by atoms with E-state index in [0.717, 1.165) is 0 Å². The molecule has 0 aromatic heterocycles. The third-order valence-electron chi connectivity index (χ3n) is 2.44. The second-order valence-corrected chi connectivity index (χ2v) is 5.52.